The first-order valence-electron chi connectivity index (χ1n) is 26.9. The van der Waals surface area contributed by atoms with Crippen LogP contribution < -0.4 is 0 Å². The average molecular weight is 915 g/mol. The van der Waals surface area contributed by atoms with Crippen LogP contribution >= 0.6 is 0 Å². The predicted molar refractivity (Wildman–Crippen MR) is 283 cm³/mol. The van der Waals surface area contributed by atoms with Gasteiger partial charge in [-0.1, -0.05) is 201 Å². The second kappa shape index (κ2) is 53.7. The van der Waals surface area contributed by atoms with Gasteiger partial charge in [-0.05, 0) is 122 Å². The summed E-state index contributed by atoms with van der Waals surface area (Å²) in [6.45, 7) is 6.38. The standard InChI is InChI=1S/C60H98O6/c1-4-7-10-13-16-19-22-25-27-29-30-31-33-35-38-41-44-47-50-53-59(62)65-56-57(55-64-58(61)52-49-46-43-40-37-34-24-21-18-15-12-9-6-3)66-60(63)54-51-48-45-42-39-36-32-28-26-23-20-17-14-11-8-5-2/h7,10,12,15-16,19-21,23-25,27-28,30-32,35,38,57H,4-6,8-9,11,13-14,17-18,22,26,29,33-34,36-37,39-56H2,1-3H3/b10-7-,15-12-,19-16-,23-20-,24-21-,27-25-,31-30-,32-28-,38-35-. The van der Waals surface area contributed by atoms with Gasteiger partial charge in [-0.25, -0.2) is 0 Å². The van der Waals surface area contributed by atoms with E-state index in [9.17, 15) is 14.4 Å². The molecule has 1 unspecified atom stereocenters. The van der Waals surface area contributed by atoms with Gasteiger partial charge in [-0.3, -0.25) is 14.4 Å². The van der Waals surface area contributed by atoms with Gasteiger partial charge in [0, 0.05) is 19.3 Å². The fraction of sp³-hybridized carbons (Fsp3) is 0.650. The third-order valence-electron chi connectivity index (χ3n) is 11.0. The second-order valence-electron chi connectivity index (χ2n) is 17.4. The molecule has 0 saturated carbocycles. The Labute approximate surface area is 406 Å². The van der Waals surface area contributed by atoms with Crippen LogP contribution in [0.4, 0.5) is 0 Å². The summed E-state index contributed by atoms with van der Waals surface area (Å²) in [5, 5.41) is 0. The van der Waals surface area contributed by atoms with Crippen molar-refractivity contribution in [3.05, 3.63) is 109 Å². The molecule has 0 N–H and O–H groups in total. The first-order chi connectivity index (χ1) is 32.5. The SMILES string of the molecule is CC/C=C\C/C=C\C/C=C\C/C=C\C/C=C\CCCCCC(=O)OCC(COC(=O)CCCCCCC/C=C\C/C=C\CCC)OC(=O)CCCCCCC/C=C\C/C=C\CCCCCC. The van der Waals surface area contributed by atoms with Crippen molar-refractivity contribution in [3.63, 3.8) is 0 Å². The van der Waals surface area contributed by atoms with Crippen molar-refractivity contribution in [3.8, 4) is 0 Å². The van der Waals surface area contributed by atoms with Gasteiger partial charge in [0.15, 0.2) is 6.10 Å². The molecule has 0 aliphatic heterocycles. The zero-order chi connectivity index (χ0) is 47.9. The Morgan fingerprint density at radius 1 is 0.318 bits per heavy atom. The number of carbonyl (C=O) groups is 3. The molecule has 0 spiro atoms. The Hall–Kier alpha value is -3.93. The first kappa shape index (κ1) is 62.1. The summed E-state index contributed by atoms with van der Waals surface area (Å²) in [5.41, 5.74) is 0. The fourth-order valence-corrected chi connectivity index (χ4v) is 6.95. The number of ether oxygens (including phenoxy) is 3. The highest BCUT2D eigenvalue weighted by Crippen LogP contribution is 2.13. The third-order valence-corrected chi connectivity index (χ3v) is 11.0. The smallest absolute Gasteiger partial charge is 0.306 e. The molecule has 0 heterocycles. The van der Waals surface area contributed by atoms with Crippen molar-refractivity contribution in [2.45, 2.75) is 239 Å². The lowest BCUT2D eigenvalue weighted by atomic mass is 10.1. The van der Waals surface area contributed by atoms with E-state index >= 15 is 0 Å². The van der Waals surface area contributed by atoms with E-state index in [0.29, 0.717) is 19.3 Å². The minimum absolute atomic E-state index is 0.104. The molecular weight excluding hydrogens is 817 g/mol. The van der Waals surface area contributed by atoms with Crippen LogP contribution in [0, 0.1) is 0 Å². The molecule has 0 fully saturated rings. The largest absolute Gasteiger partial charge is 0.462 e. The van der Waals surface area contributed by atoms with E-state index in [1.807, 2.05) is 0 Å². The highest BCUT2D eigenvalue weighted by Gasteiger charge is 2.19. The minimum Gasteiger partial charge on any atom is -0.462 e. The third kappa shape index (κ3) is 51.1. The maximum atomic E-state index is 12.8. The van der Waals surface area contributed by atoms with Crippen molar-refractivity contribution in [2.75, 3.05) is 13.2 Å². The quantitative estimate of drug-likeness (QED) is 0.0262. The van der Waals surface area contributed by atoms with E-state index in [2.05, 4.69) is 130 Å². The number of allylic oxidation sites excluding steroid dienone is 18. The summed E-state index contributed by atoms with van der Waals surface area (Å²) in [4.78, 5) is 38.0. The number of rotatable bonds is 47. The number of hydrogen-bond donors (Lipinski definition) is 0. The lowest BCUT2D eigenvalue weighted by Crippen LogP contribution is -2.30. The monoisotopic (exact) mass is 915 g/mol. The lowest BCUT2D eigenvalue weighted by Gasteiger charge is -2.18. The van der Waals surface area contributed by atoms with Crippen LogP contribution in [0.15, 0.2) is 109 Å². The van der Waals surface area contributed by atoms with Gasteiger partial charge in [-0.15, -0.1) is 0 Å². The molecule has 1 atom stereocenters. The first-order valence-corrected chi connectivity index (χ1v) is 26.9. The second-order valence-corrected chi connectivity index (χ2v) is 17.4. The average Bonchev–Trinajstić information content (AvgIpc) is 3.31. The molecule has 0 aliphatic carbocycles. The molecule has 0 bridgehead atoms. The number of esters is 3. The van der Waals surface area contributed by atoms with Crippen molar-refractivity contribution in [2.24, 2.45) is 0 Å². The highest BCUT2D eigenvalue weighted by molar-refractivity contribution is 5.71. The molecule has 0 saturated heterocycles. The number of carbonyl (C=O) groups excluding carboxylic acids is 3. The molecular formula is C60H98O6. The van der Waals surface area contributed by atoms with E-state index < -0.39 is 6.10 Å². The number of unbranched alkanes of at least 4 members (excludes halogenated alkanes) is 18. The van der Waals surface area contributed by atoms with Crippen LogP contribution in [0.5, 0.6) is 0 Å². The van der Waals surface area contributed by atoms with Gasteiger partial charge in [0.05, 0.1) is 0 Å². The van der Waals surface area contributed by atoms with Gasteiger partial charge < -0.3 is 14.2 Å². The van der Waals surface area contributed by atoms with Crippen molar-refractivity contribution in [1.29, 1.82) is 0 Å². The van der Waals surface area contributed by atoms with Gasteiger partial charge in [-0.2, -0.15) is 0 Å². The zero-order valence-electron chi connectivity index (χ0n) is 42.7. The molecule has 0 aromatic carbocycles. The highest BCUT2D eigenvalue weighted by atomic mass is 16.6. The Bertz CT molecular complexity index is 1370. The molecule has 0 aliphatic rings. The molecule has 0 aromatic rings. The Morgan fingerprint density at radius 2 is 0.621 bits per heavy atom. The van der Waals surface area contributed by atoms with Gasteiger partial charge in [0.2, 0.25) is 0 Å². The maximum absolute atomic E-state index is 12.8. The van der Waals surface area contributed by atoms with E-state index in [1.165, 1.54) is 38.5 Å². The van der Waals surface area contributed by atoms with Crippen LogP contribution in [0.3, 0.4) is 0 Å². The Balaban J connectivity index is 4.50. The summed E-state index contributed by atoms with van der Waals surface area (Å²) in [5.74, 6) is -0.968. The van der Waals surface area contributed by atoms with Crippen LogP contribution in [0.1, 0.15) is 233 Å². The minimum atomic E-state index is -0.807. The molecule has 374 valence electrons. The van der Waals surface area contributed by atoms with E-state index in [1.54, 1.807) is 0 Å². The number of hydrogen-bond acceptors (Lipinski definition) is 6. The fourth-order valence-electron chi connectivity index (χ4n) is 6.95. The van der Waals surface area contributed by atoms with Crippen LogP contribution in [-0.2, 0) is 28.6 Å². The normalized spacial score (nSPS) is 13.0. The molecule has 6 nitrogen and oxygen atoms in total. The van der Waals surface area contributed by atoms with Crippen molar-refractivity contribution in [1.82, 2.24) is 0 Å². The van der Waals surface area contributed by atoms with Crippen LogP contribution in [-0.4, -0.2) is 37.2 Å². The van der Waals surface area contributed by atoms with Gasteiger partial charge >= 0.3 is 17.9 Å². The predicted octanol–water partition coefficient (Wildman–Crippen LogP) is 17.9. The summed E-state index contributed by atoms with van der Waals surface area (Å²) in [6, 6.07) is 0. The lowest BCUT2D eigenvalue weighted by molar-refractivity contribution is -0.167. The van der Waals surface area contributed by atoms with E-state index in [4.69, 9.17) is 14.2 Å². The summed E-state index contributed by atoms with van der Waals surface area (Å²) >= 11 is 0. The van der Waals surface area contributed by atoms with E-state index in [-0.39, 0.29) is 31.1 Å². The molecule has 0 aromatic heterocycles. The molecule has 66 heavy (non-hydrogen) atoms. The summed E-state index contributed by atoms with van der Waals surface area (Å²) in [6.07, 6.45) is 72.1. The maximum Gasteiger partial charge on any atom is 0.306 e. The Kier molecular flexibility index (Phi) is 50.5. The summed E-state index contributed by atoms with van der Waals surface area (Å²) in [7, 11) is 0. The van der Waals surface area contributed by atoms with Crippen molar-refractivity contribution >= 4 is 17.9 Å². The Morgan fingerprint density at radius 3 is 1.00 bits per heavy atom. The zero-order valence-corrected chi connectivity index (χ0v) is 42.7. The van der Waals surface area contributed by atoms with Crippen LogP contribution in [0.2, 0.25) is 0 Å². The van der Waals surface area contributed by atoms with Crippen LogP contribution in [0.25, 0.3) is 0 Å². The molecule has 6 heteroatoms. The van der Waals surface area contributed by atoms with E-state index in [0.717, 1.165) is 154 Å². The topological polar surface area (TPSA) is 78.9 Å². The van der Waals surface area contributed by atoms with Crippen molar-refractivity contribution < 1.29 is 28.6 Å². The molecule has 0 amide bonds. The van der Waals surface area contributed by atoms with Gasteiger partial charge in [0.1, 0.15) is 13.2 Å². The molecule has 0 rings (SSSR count). The molecule has 0 radical (unpaired) electrons. The van der Waals surface area contributed by atoms with Gasteiger partial charge in [0.25, 0.3) is 0 Å². The summed E-state index contributed by atoms with van der Waals surface area (Å²) < 4.78 is 16.8.